The van der Waals surface area contributed by atoms with Crippen LogP contribution < -0.4 is 11.2 Å². The molecule has 0 aliphatic rings. The van der Waals surface area contributed by atoms with Crippen LogP contribution in [-0.4, -0.2) is 9.13 Å². The molecular formula is C22H19FN2O2S. The van der Waals surface area contributed by atoms with Gasteiger partial charge in [-0.15, -0.1) is 11.3 Å². The van der Waals surface area contributed by atoms with Crippen LogP contribution in [0.3, 0.4) is 0 Å². The number of hydrogen-bond acceptors (Lipinski definition) is 3. The van der Waals surface area contributed by atoms with E-state index in [2.05, 4.69) is 0 Å². The largest absolute Gasteiger partial charge is 0.332 e. The highest BCUT2D eigenvalue weighted by Gasteiger charge is 2.19. The zero-order valence-corrected chi connectivity index (χ0v) is 16.4. The van der Waals surface area contributed by atoms with Crippen molar-refractivity contribution in [3.05, 3.63) is 103 Å². The summed E-state index contributed by atoms with van der Waals surface area (Å²) in [4.78, 5) is 28.1. The summed E-state index contributed by atoms with van der Waals surface area (Å²) in [6.45, 7) is 4.36. The van der Waals surface area contributed by atoms with Gasteiger partial charge in [0.15, 0.2) is 0 Å². The Morgan fingerprint density at radius 1 is 0.857 bits per heavy atom. The first-order valence-electron chi connectivity index (χ1n) is 8.97. The number of hydrogen-bond donors (Lipinski definition) is 0. The summed E-state index contributed by atoms with van der Waals surface area (Å²) in [5.74, 6) is -0.321. The molecule has 6 heteroatoms. The number of aryl methyl sites for hydroxylation is 2. The number of halogens is 1. The second-order valence-corrected chi connectivity index (χ2v) is 8.04. The molecule has 4 nitrogen and oxygen atoms in total. The number of benzene rings is 2. The number of thiophene rings is 1. The van der Waals surface area contributed by atoms with Crippen molar-refractivity contribution in [1.29, 1.82) is 0 Å². The Morgan fingerprint density at radius 2 is 1.46 bits per heavy atom. The van der Waals surface area contributed by atoms with Crippen molar-refractivity contribution in [3.63, 3.8) is 0 Å². The fraction of sp³-hybridized carbons (Fsp3) is 0.182. The van der Waals surface area contributed by atoms with Crippen LogP contribution in [0.1, 0.15) is 21.6 Å². The quantitative estimate of drug-likeness (QED) is 0.524. The molecule has 0 spiro atoms. The van der Waals surface area contributed by atoms with Crippen LogP contribution in [0.15, 0.2) is 64.2 Å². The van der Waals surface area contributed by atoms with Crippen molar-refractivity contribution in [3.8, 4) is 0 Å². The maximum absolute atomic E-state index is 13.3. The maximum Gasteiger partial charge on any atom is 0.332 e. The summed E-state index contributed by atoms with van der Waals surface area (Å²) < 4.78 is 16.2. The Balaban J connectivity index is 1.94. The first kappa shape index (κ1) is 18.4. The van der Waals surface area contributed by atoms with Gasteiger partial charge in [0.1, 0.15) is 10.6 Å². The molecule has 0 bridgehead atoms. The lowest BCUT2D eigenvalue weighted by molar-refractivity contribution is 0.622. The Bertz CT molecular complexity index is 1270. The van der Waals surface area contributed by atoms with Gasteiger partial charge in [0.05, 0.1) is 18.5 Å². The summed E-state index contributed by atoms with van der Waals surface area (Å²) in [7, 11) is 0. The second-order valence-electron chi connectivity index (χ2n) is 6.84. The van der Waals surface area contributed by atoms with Crippen molar-refractivity contribution in [2.24, 2.45) is 0 Å². The SMILES string of the molecule is Cc1sc2c(c1C)c(=O)n(Cc1ccccc1)c(=O)n2Cc1ccc(F)cc1. The third kappa shape index (κ3) is 3.20. The first-order valence-corrected chi connectivity index (χ1v) is 9.79. The summed E-state index contributed by atoms with van der Waals surface area (Å²) in [5.41, 5.74) is 1.98. The molecule has 0 fully saturated rings. The van der Waals surface area contributed by atoms with Crippen molar-refractivity contribution < 1.29 is 4.39 Å². The van der Waals surface area contributed by atoms with E-state index in [0.29, 0.717) is 10.2 Å². The predicted octanol–water partition coefficient (Wildman–Crippen LogP) is 4.08. The van der Waals surface area contributed by atoms with E-state index in [-0.39, 0.29) is 30.2 Å². The van der Waals surface area contributed by atoms with Crippen molar-refractivity contribution >= 4 is 21.6 Å². The third-order valence-corrected chi connectivity index (χ3v) is 6.20. The van der Waals surface area contributed by atoms with Gasteiger partial charge in [-0.2, -0.15) is 0 Å². The van der Waals surface area contributed by atoms with Crippen LogP contribution in [0.4, 0.5) is 4.39 Å². The Hall–Kier alpha value is -2.99. The molecule has 4 rings (SSSR count). The number of rotatable bonds is 4. The number of fused-ring (bicyclic) bond motifs is 1. The van der Waals surface area contributed by atoms with Gasteiger partial charge >= 0.3 is 5.69 Å². The van der Waals surface area contributed by atoms with E-state index in [1.54, 1.807) is 16.7 Å². The molecule has 0 unspecified atom stereocenters. The maximum atomic E-state index is 13.3. The topological polar surface area (TPSA) is 44.0 Å². The normalized spacial score (nSPS) is 11.2. The molecule has 0 aliphatic heterocycles. The molecule has 0 amide bonds. The highest BCUT2D eigenvalue weighted by Crippen LogP contribution is 2.27. The van der Waals surface area contributed by atoms with Crippen LogP contribution in [-0.2, 0) is 13.1 Å². The van der Waals surface area contributed by atoms with E-state index in [1.807, 2.05) is 44.2 Å². The fourth-order valence-corrected chi connectivity index (χ4v) is 4.46. The standard InChI is InChI=1S/C22H19FN2O2S/c1-14-15(2)28-21-19(14)20(26)24(12-16-6-4-3-5-7-16)22(27)25(21)13-17-8-10-18(23)11-9-17/h3-11H,12-13H2,1-2H3. The van der Waals surface area contributed by atoms with E-state index in [1.165, 1.54) is 28.0 Å². The van der Waals surface area contributed by atoms with E-state index in [4.69, 9.17) is 0 Å². The molecule has 0 saturated heterocycles. The molecule has 0 radical (unpaired) electrons. The first-order chi connectivity index (χ1) is 13.5. The predicted molar refractivity (Wildman–Crippen MR) is 111 cm³/mol. The highest BCUT2D eigenvalue weighted by molar-refractivity contribution is 7.18. The van der Waals surface area contributed by atoms with Crippen molar-refractivity contribution in [2.45, 2.75) is 26.9 Å². The summed E-state index contributed by atoms with van der Waals surface area (Å²) in [6.07, 6.45) is 0. The van der Waals surface area contributed by atoms with E-state index >= 15 is 0 Å². The molecule has 0 aliphatic carbocycles. The van der Waals surface area contributed by atoms with Gasteiger partial charge in [0, 0.05) is 4.88 Å². The molecule has 2 heterocycles. The lowest BCUT2D eigenvalue weighted by Crippen LogP contribution is -2.40. The van der Waals surface area contributed by atoms with Crippen molar-refractivity contribution in [2.75, 3.05) is 0 Å². The lowest BCUT2D eigenvalue weighted by Gasteiger charge is -2.13. The molecule has 4 aromatic rings. The number of nitrogens with zero attached hydrogens (tertiary/aromatic N) is 2. The van der Waals surface area contributed by atoms with E-state index in [0.717, 1.165) is 21.6 Å². The molecule has 2 aromatic carbocycles. The van der Waals surface area contributed by atoms with Crippen LogP contribution >= 0.6 is 11.3 Å². The zero-order valence-electron chi connectivity index (χ0n) is 15.6. The molecule has 0 N–H and O–H groups in total. The molecule has 0 atom stereocenters. The van der Waals surface area contributed by atoms with Gasteiger partial charge in [0.25, 0.3) is 5.56 Å². The average molecular weight is 394 g/mol. The van der Waals surface area contributed by atoms with Crippen molar-refractivity contribution in [1.82, 2.24) is 9.13 Å². The van der Waals surface area contributed by atoms with Gasteiger partial charge in [-0.1, -0.05) is 42.5 Å². The highest BCUT2D eigenvalue weighted by atomic mass is 32.1. The average Bonchev–Trinajstić information content (AvgIpc) is 2.99. The molecule has 28 heavy (non-hydrogen) atoms. The minimum atomic E-state index is -0.355. The zero-order chi connectivity index (χ0) is 19.8. The van der Waals surface area contributed by atoms with Gasteiger partial charge in [-0.05, 0) is 42.7 Å². The Kier molecular flexibility index (Phi) is 4.73. The van der Waals surface area contributed by atoms with E-state index < -0.39 is 0 Å². The van der Waals surface area contributed by atoms with Crippen LogP contribution in [0.2, 0.25) is 0 Å². The Morgan fingerprint density at radius 3 is 2.14 bits per heavy atom. The fourth-order valence-electron chi connectivity index (χ4n) is 3.32. The molecule has 2 aromatic heterocycles. The van der Waals surface area contributed by atoms with Crippen LogP contribution in [0.5, 0.6) is 0 Å². The smallest absolute Gasteiger partial charge is 0.280 e. The van der Waals surface area contributed by atoms with E-state index in [9.17, 15) is 14.0 Å². The molecule has 0 saturated carbocycles. The minimum Gasteiger partial charge on any atom is -0.280 e. The van der Waals surface area contributed by atoms with Gasteiger partial charge < -0.3 is 0 Å². The monoisotopic (exact) mass is 394 g/mol. The number of aromatic nitrogens is 2. The summed E-state index contributed by atoms with van der Waals surface area (Å²) in [5, 5.41) is 0.583. The lowest BCUT2D eigenvalue weighted by atomic mass is 10.2. The van der Waals surface area contributed by atoms with Gasteiger partial charge in [0.2, 0.25) is 0 Å². The summed E-state index contributed by atoms with van der Waals surface area (Å²) in [6, 6.07) is 15.5. The van der Waals surface area contributed by atoms with Crippen LogP contribution in [0, 0.1) is 19.7 Å². The molecule has 142 valence electrons. The molecular weight excluding hydrogens is 375 g/mol. The second kappa shape index (κ2) is 7.20. The van der Waals surface area contributed by atoms with Gasteiger partial charge in [-0.25, -0.2) is 9.18 Å². The third-order valence-electron chi connectivity index (χ3n) is 4.97. The Labute approximate surface area is 165 Å². The summed E-state index contributed by atoms with van der Waals surface area (Å²) >= 11 is 1.45. The van der Waals surface area contributed by atoms with Gasteiger partial charge in [-0.3, -0.25) is 13.9 Å². The minimum absolute atomic E-state index is 0.214. The van der Waals surface area contributed by atoms with Crippen LogP contribution in [0.25, 0.3) is 10.2 Å².